The highest BCUT2D eigenvalue weighted by molar-refractivity contribution is 7.99. The Hall–Kier alpha value is -9.26. The Morgan fingerprint density at radius 2 is 1.17 bits per heavy atom. The van der Waals surface area contributed by atoms with Crippen molar-refractivity contribution in [1.82, 2.24) is 34.8 Å². The number of anilines is 8. The number of piperazine rings is 1. The van der Waals surface area contributed by atoms with Gasteiger partial charge in [0.25, 0.3) is 50.6 Å². The molecule has 54 heteroatoms. The fraction of sp³-hybridized carbons (Fsp3) is 0.111. The van der Waals surface area contributed by atoms with E-state index in [-0.39, 0.29) is 96.2 Å². The Bertz CT molecular complexity index is 5860. The van der Waals surface area contributed by atoms with Crippen molar-refractivity contribution in [2.45, 2.75) is 34.3 Å². The third kappa shape index (κ3) is 18.7. The number of aromatic nitrogens is 6. The average Bonchev–Trinajstić information content (AvgIpc) is 0.747. The molecule has 44 nitrogen and oxygen atoms in total. The van der Waals surface area contributed by atoms with Crippen LogP contribution in [0.15, 0.2) is 162 Å². The molecule has 0 bridgehead atoms. The molecule has 0 atom stereocenters. The largest absolute Gasteiger partial charge is 0.505 e. The number of carbonyl (C=O) groups excluding carboxylic acids is 1. The standard InChI is InChI=1S/C54H44Cl2N18O26S8/c55-49-61-51(65-52(62-49)60-27-5-10-38(106(86,87)88)33(22-27)68-71-44-36(102-99-96-78)20-25-21-40(108(92,93)94)45(42(57)41(25)47(44)76)72-69-34-23-28(104(80,81)82)6-11-39(34)107(89,90)91)58-12-13-73-14-16-74(17-15-73)54-64-50(56)63-53(66-54)59-26-4-7-29-24(18-26)19-35(101-98-95-77)43(46(29)75)70-67-32-9-8-30-31(48(32)103-100-97-79)2-1-3-37(30)105(83,84)85/h1-11,18-23,67,76-79H,12-17,57H2,(H,80,81,82)(H,83,84,85)(H,86,87,88)(H,89,90,91)(H,92,93,94)(H,59,63,64,66)(H2,58,60,61,62,65)/b70-43+,71-68?,72-69?. The molecule has 0 unspecified atom stereocenters. The highest BCUT2D eigenvalue weighted by atomic mass is 35.5. The second-order valence-corrected chi connectivity index (χ2v) is 31.4. The first kappa shape index (κ1) is 79.8. The first-order chi connectivity index (χ1) is 51.1. The van der Waals surface area contributed by atoms with Crippen molar-refractivity contribution >= 4 is 218 Å². The number of nitrogens with two attached hydrogens (primary N) is 1. The summed E-state index contributed by atoms with van der Waals surface area (Å²) in [5.74, 6) is -1.71. The molecule has 0 saturated carbocycles. The molecule has 108 heavy (non-hydrogen) atoms. The van der Waals surface area contributed by atoms with E-state index in [2.05, 4.69) is 106 Å². The van der Waals surface area contributed by atoms with Gasteiger partial charge in [-0.15, -0.1) is 33.5 Å². The molecular formula is C54H44Cl2N18O26S8. The summed E-state index contributed by atoms with van der Waals surface area (Å²) in [5, 5.41) is 77.0. The van der Waals surface area contributed by atoms with Crippen LogP contribution in [-0.2, 0) is 78.7 Å². The second kappa shape index (κ2) is 32.9. The van der Waals surface area contributed by atoms with Gasteiger partial charge >= 0.3 is 0 Å². The van der Waals surface area contributed by atoms with Crippen LogP contribution < -0.4 is 32.0 Å². The molecule has 568 valence electrons. The molecule has 1 aliphatic carbocycles. The quantitative estimate of drug-likeness (QED) is 0.00517. The lowest BCUT2D eigenvalue weighted by atomic mass is 9.94. The first-order valence-electron chi connectivity index (χ1n) is 29.0. The van der Waals surface area contributed by atoms with Gasteiger partial charge in [-0.25, -0.2) is 15.8 Å². The van der Waals surface area contributed by atoms with Crippen LogP contribution >= 0.6 is 59.3 Å². The Morgan fingerprint density at radius 1 is 0.574 bits per heavy atom. The summed E-state index contributed by atoms with van der Waals surface area (Å²) < 4.78 is 187. The van der Waals surface area contributed by atoms with E-state index in [1.54, 1.807) is 12.1 Å². The number of hydrazone groups is 1. The molecule has 9 aromatic rings. The lowest BCUT2D eigenvalue weighted by Crippen LogP contribution is -2.48. The van der Waals surface area contributed by atoms with E-state index in [4.69, 9.17) is 49.0 Å². The van der Waals surface area contributed by atoms with Gasteiger partial charge in [0.2, 0.25) is 40.1 Å². The number of ketones is 1. The number of carbonyl (C=O) groups is 1. The van der Waals surface area contributed by atoms with E-state index >= 15 is 0 Å². The summed E-state index contributed by atoms with van der Waals surface area (Å²) in [6, 6.07) is 17.4. The fourth-order valence-corrected chi connectivity index (χ4v) is 15.3. The van der Waals surface area contributed by atoms with Crippen LogP contribution in [-0.4, -0.2) is 171 Å². The van der Waals surface area contributed by atoms with Crippen LogP contribution in [0.3, 0.4) is 0 Å². The van der Waals surface area contributed by atoms with Crippen LogP contribution in [0.4, 0.5) is 69.3 Å². The maximum atomic E-state index is 14.1. The zero-order valence-corrected chi connectivity index (χ0v) is 61.0. The topological polar surface area (TPSA) is 645 Å². The molecule has 7 aromatic carbocycles. The number of aromatic hydroxyl groups is 1. The summed E-state index contributed by atoms with van der Waals surface area (Å²) >= 11 is 13.7. The van der Waals surface area contributed by atoms with Gasteiger partial charge in [0.05, 0.1) is 72.5 Å². The Kier molecular flexibility index (Phi) is 24.3. The van der Waals surface area contributed by atoms with Crippen molar-refractivity contribution < 1.29 is 119 Å². The van der Waals surface area contributed by atoms with Crippen molar-refractivity contribution in [2.24, 2.45) is 25.6 Å². The van der Waals surface area contributed by atoms with Crippen molar-refractivity contribution in [3.63, 3.8) is 0 Å². The average molecular weight is 1690 g/mol. The highest BCUT2D eigenvalue weighted by Crippen LogP contribution is 2.51. The number of fused-ring (bicyclic) bond motifs is 3. The summed E-state index contributed by atoms with van der Waals surface area (Å²) in [7, 11) is -25.6. The zero-order chi connectivity index (χ0) is 77.8. The number of nitrogens with zero attached hydrogens (tertiary/aromatic N) is 13. The van der Waals surface area contributed by atoms with Crippen LogP contribution in [0.25, 0.3) is 27.6 Å². The maximum Gasteiger partial charge on any atom is 0.296 e. The molecule has 0 spiro atoms. The number of halogens is 2. The predicted octanol–water partition coefficient (Wildman–Crippen LogP) is 9.67. The third-order valence-electron chi connectivity index (χ3n) is 15.0. The monoisotopic (exact) mass is 1690 g/mol. The molecule has 1 fully saturated rings. The highest BCUT2D eigenvalue weighted by Gasteiger charge is 2.31. The Labute approximate surface area is 628 Å². The summed E-state index contributed by atoms with van der Waals surface area (Å²) in [5.41, 5.74) is 5.36. The van der Waals surface area contributed by atoms with Crippen LogP contribution in [0.5, 0.6) is 5.75 Å². The predicted molar refractivity (Wildman–Crippen MR) is 381 cm³/mol. The molecule has 2 aliphatic rings. The fourth-order valence-electron chi connectivity index (χ4n) is 10.4. The smallest absolute Gasteiger partial charge is 0.296 e. The van der Waals surface area contributed by atoms with Crippen LogP contribution in [0.1, 0.15) is 15.9 Å². The van der Waals surface area contributed by atoms with Crippen LogP contribution in [0.2, 0.25) is 10.6 Å². The Balaban J connectivity index is 0.756. The molecule has 15 N–H and O–H groups in total. The lowest BCUT2D eigenvalue weighted by molar-refractivity contribution is -0.432. The van der Waals surface area contributed by atoms with Gasteiger partial charge in [-0.05, 0) is 119 Å². The molecular weight excluding hydrogens is 1640 g/mol. The minimum absolute atomic E-state index is 0.0224. The van der Waals surface area contributed by atoms with Crippen LogP contribution in [0, 0.1) is 0 Å². The van der Waals surface area contributed by atoms with Gasteiger partial charge in [0.15, 0.2) is 5.75 Å². The second-order valence-electron chi connectivity index (χ2n) is 21.6. The number of benzene rings is 7. The molecule has 11 rings (SSSR count). The molecule has 1 aliphatic heterocycles. The van der Waals surface area contributed by atoms with E-state index in [1.165, 1.54) is 42.5 Å². The number of phenolic OH excluding ortho intramolecular Hbond substituents is 1. The van der Waals surface area contributed by atoms with Gasteiger partial charge in [0, 0.05) is 67.0 Å². The van der Waals surface area contributed by atoms with E-state index in [0.717, 1.165) is 24.3 Å². The molecule has 2 aromatic heterocycles. The number of hydrogen-bond acceptors (Lipinski definition) is 42. The number of rotatable bonds is 29. The number of nitrogens with one attached hydrogen (secondary N) is 4. The SMILES string of the molecule is Nc1c(N=Nc2cc(S(=O)(=O)O)ccc2S(=O)(=O)O)c(S(=O)(=O)O)cc2cc(SOOO)c(N=Nc3cc(Nc4nc(Cl)nc(NCCN5CCN(c6nc(Cl)nc(Nc7ccc8c(c7)C=C(SOOO)/C(=N\Nc7ccc9c(S(=O)(=O)O)cccc9c7SOOO)C8=O)n6)CC5)n4)ccc3S(=O)(=O)O)c(O)c12. The number of phenols is 1. The number of allylic oxidation sites excluding steroid dienone is 1. The lowest BCUT2D eigenvalue weighted by Gasteiger charge is -2.34. The van der Waals surface area contributed by atoms with Gasteiger partial charge in [-0.1, -0.05) is 33.3 Å². The zero-order valence-electron chi connectivity index (χ0n) is 52.9. The van der Waals surface area contributed by atoms with Crippen molar-refractivity contribution in [3.8, 4) is 5.75 Å². The number of Topliss-reactive ketones (excluding diaryl/α,β-unsaturated/α-hetero) is 1. The number of nitrogen functional groups attached to an aromatic ring is 1. The van der Waals surface area contributed by atoms with Gasteiger partial charge in [-0.3, -0.25) is 37.9 Å². The number of azo groups is 2. The third-order valence-corrected chi connectivity index (χ3v) is 21.7. The van der Waals surface area contributed by atoms with E-state index in [9.17, 15) is 74.8 Å². The number of hydrogen-bond donors (Lipinski definition) is 14. The molecule has 0 amide bonds. The van der Waals surface area contributed by atoms with Crippen molar-refractivity contribution in [3.05, 3.63) is 124 Å². The summed E-state index contributed by atoms with van der Waals surface area (Å²) in [6.45, 7) is 2.45. The van der Waals surface area contributed by atoms with E-state index < -0.39 is 131 Å². The van der Waals surface area contributed by atoms with Crippen molar-refractivity contribution in [1.29, 1.82) is 0 Å². The van der Waals surface area contributed by atoms with Gasteiger partial charge in [-0.2, -0.15) is 77.1 Å². The normalized spacial score (nSPS) is 14.5. The van der Waals surface area contributed by atoms with E-state index in [0.29, 0.717) is 92.3 Å². The summed E-state index contributed by atoms with van der Waals surface area (Å²) in [4.78, 5) is 38.8. The van der Waals surface area contributed by atoms with Gasteiger partial charge < -0.3 is 31.7 Å². The molecule has 0 radical (unpaired) electrons. The maximum absolute atomic E-state index is 14.1. The molecule has 3 heterocycles. The summed E-state index contributed by atoms with van der Waals surface area (Å²) in [6.07, 6.45) is 1.49. The van der Waals surface area contributed by atoms with E-state index in [1.807, 2.05) is 4.90 Å². The minimum atomic E-state index is -5.43. The first-order valence-corrected chi connectivity index (χ1v) is 39.2. The van der Waals surface area contributed by atoms with Crippen molar-refractivity contribution in [2.75, 3.05) is 71.3 Å². The van der Waals surface area contributed by atoms with Gasteiger partial charge in [0.1, 0.15) is 48.0 Å². The minimum Gasteiger partial charge on any atom is -0.505 e. The Morgan fingerprint density at radius 3 is 1.82 bits per heavy atom. The molecule has 1 saturated heterocycles.